The first kappa shape index (κ1) is 12.7. The smallest absolute Gasteiger partial charge is 0.471 e. The van der Waals surface area contributed by atoms with Crippen molar-refractivity contribution < 1.29 is 32.3 Å². The van der Waals surface area contributed by atoms with Gasteiger partial charge in [0.25, 0.3) is 0 Å². The Morgan fingerprint density at radius 2 is 1.94 bits per heavy atom. The fraction of sp³-hybridized carbons (Fsp3) is 0.750. The van der Waals surface area contributed by atoms with Gasteiger partial charge in [-0.15, -0.1) is 0 Å². The number of alkyl halides is 4. The number of carboxylic acid groups (broad SMARTS) is 1. The molecule has 1 aliphatic heterocycles. The number of aliphatic carboxylic acids is 1. The summed E-state index contributed by atoms with van der Waals surface area (Å²) in [6.07, 6.45) is -5.36. The third-order valence-corrected chi connectivity index (χ3v) is 2.59. The van der Waals surface area contributed by atoms with Crippen LogP contribution in [0, 0.1) is 5.41 Å². The maximum atomic E-state index is 12.5. The Morgan fingerprint density at radius 3 is 2.25 bits per heavy atom. The van der Waals surface area contributed by atoms with Gasteiger partial charge >= 0.3 is 18.1 Å². The summed E-state index contributed by atoms with van der Waals surface area (Å²) >= 11 is 0. The van der Waals surface area contributed by atoms with Crippen molar-refractivity contribution in [2.75, 3.05) is 19.8 Å². The van der Waals surface area contributed by atoms with Gasteiger partial charge in [-0.05, 0) is 6.42 Å². The molecule has 0 aromatic rings. The number of carbonyl (C=O) groups excluding carboxylic acids is 1. The van der Waals surface area contributed by atoms with Crippen LogP contribution in [-0.4, -0.2) is 47.8 Å². The Balaban J connectivity index is 2.79. The average molecular weight is 243 g/mol. The highest BCUT2D eigenvalue weighted by atomic mass is 19.4. The van der Waals surface area contributed by atoms with E-state index in [9.17, 15) is 27.2 Å². The first-order valence-corrected chi connectivity index (χ1v) is 4.38. The molecule has 4 nitrogen and oxygen atoms in total. The zero-order valence-corrected chi connectivity index (χ0v) is 8.05. The lowest BCUT2D eigenvalue weighted by molar-refractivity contribution is -0.185. The van der Waals surface area contributed by atoms with Gasteiger partial charge in [0.1, 0.15) is 12.1 Å². The van der Waals surface area contributed by atoms with Crippen molar-refractivity contribution in [3.05, 3.63) is 0 Å². The molecule has 1 fully saturated rings. The molecular formula is C8H9F4NO3. The zero-order chi connectivity index (χ0) is 12.6. The van der Waals surface area contributed by atoms with E-state index < -0.39 is 43.2 Å². The number of hydrogen-bond donors (Lipinski definition) is 1. The summed E-state index contributed by atoms with van der Waals surface area (Å²) in [6.45, 7) is -2.42. The van der Waals surface area contributed by atoms with Gasteiger partial charge in [-0.3, -0.25) is 9.59 Å². The summed E-state index contributed by atoms with van der Waals surface area (Å²) in [5.74, 6) is -3.64. The maximum Gasteiger partial charge on any atom is 0.471 e. The van der Waals surface area contributed by atoms with E-state index in [0.717, 1.165) is 0 Å². The Bertz CT molecular complexity index is 317. The third-order valence-electron chi connectivity index (χ3n) is 2.59. The van der Waals surface area contributed by atoms with Gasteiger partial charge in [0.05, 0.1) is 0 Å². The molecule has 92 valence electrons. The van der Waals surface area contributed by atoms with Crippen molar-refractivity contribution in [2.24, 2.45) is 5.41 Å². The second-order valence-electron chi connectivity index (χ2n) is 3.69. The highest BCUT2D eigenvalue weighted by Crippen LogP contribution is 2.33. The normalized spacial score (nSPS) is 25.9. The summed E-state index contributed by atoms with van der Waals surface area (Å²) in [6, 6.07) is 0. The van der Waals surface area contributed by atoms with Crippen molar-refractivity contribution >= 4 is 11.9 Å². The molecule has 0 aromatic heterocycles. The van der Waals surface area contributed by atoms with Crippen molar-refractivity contribution in [2.45, 2.75) is 12.6 Å². The zero-order valence-electron chi connectivity index (χ0n) is 8.05. The number of amides is 1. The van der Waals surface area contributed by atoms with E-state index in [1.54, 1.807) is 0 Å². The summed E-state index contributed by atoms with van der Waals surface area (Å²) < 4.78 is 48.6. The first-order chi connectivity index (χ1) is 7.23. The van der Waals surface area contributed by atoms with Crippen LogP contribution >= 0.6 is 0 Å². The molecule has 0 bridgehead atoms. The van der Waals surface area contributed by atoms with Gasteiger partial charge in [0.15, 0.2) is 0 Å². The summed E-state index contributed by atoms with van der Waals surface area (Å²) in [4.78, 5) is 21.8. The van der Waals surface area contributed by atoms with E-state index in [0.29, 0.717) is 4.90 Å². The summed E-state index contributed by atoms with van der Waals surface area (Å²) in [5.41, 5.74) is -1.89. The van der Waals surface area contributed by atoms with Gasteiger partial charge in [0.2, 0.25) is 0 Å². The molecule has 0 aliphatic carbocycles. The molecule has 0 spiro atoms. The highest BCUT2D eigenvalue weighted by Gasteiger charge is 2.51. The Morgan fingerprint density at radius 1 is 1.38 bits per heavy atom. The van der Waals surface area contributed by atoms with Gasteiger partial charge < -0.3 is 10.0 Å². The predicted molar refractivity (Wildman–Crippen MR) is 43.3 cm³/mol. The fourth-order valence-corrected chi connectivity index (χ4v) is 1.57. The second kappa shape index (κ2) is 3.91. The highest BCUT2D eigenvalue weighted by molar-refractivity contribution is 5.84. The molecule has 0 radical (unpaired) electrons. The number of hydrogen-bond acceptors (Lipinski definition) is 2. The number of halogens is 4. The summed E-state index contributed by atoms with van der Waals surface area (Å²) in [7, 11) is 0. The summed E-state index contributed by atoms with van der Waals surface area (Å²) in [5, 5.41) is 8.71. The minimum atomic E-state index is -5.05. The molecule has 0 aromatic carbocycles. The average Bonchev–Trinajstić information content (AvgIpc) is 2.60. The van der Waals surface area contributed by atoms with Crippen LogP contribution < -0.4 is 0 Å². The van der Waals surface area contributed by atoms with E-state index in [2.05, 4.69) is 0 Å². The van der Waals surface area contributed by atoms with Crippen molar-refractivity contribution in [1.82, 2.24) is 4.90 Å². The van der Waals surface area contributed by atoms with Crippen LogP contribution in [0.4, 0.5) is 17.6 Å². The fourth-order valence-electron chi connectivity index (χ4n) is 1.57. The van der Waals surface area contributed by atoms with Gasteiger partial charge in [-0.2, -0.15) is 13.2 Å². The van der Waals surface area contributed by atoms with E-state index in [4.69, 9.17) is 5.11 Å². The lowest BCUT2D eigenvalue weighted by atomic mass is 9.89. The Kier molecular flexibility index (Phi) is 3.11. The second-order valence-corrected chi connectivity index (χ2v) is 3.69. The van der Waals surface area contributed by atoms with Gasteiger partial charge in [-0.1, -0.05) is 0 Å². The van der Waals surface area contributed by atoms with Gasteiger partial charge in [0, 0.05) is 13.1 Å². The first-order valence-electron chi connectivity index (χ1n) is 4.38. The molecule has 0 saturated carbocycles. The van der Waals surface area contributed by atoms with E-state index in [-0.39, 0.29) is 6.42 Å². The Labute approximate surface area is 87.8 Å². The van der Waals surface area contributed by atoms with Crippen LogP contribution in [0.25, 0.3) is 0 Å². The monoisotopic (exact) mass is 243 g/mol. The number of carbonyl (C=O) groups is 2. The van der Waals surface area contributed by atoms with Crippen molar-refractivity contribution in [3.63, 3.8) is 0 Å². The molecule has 16 heavy (non-hydrogen) atoms. The number of likely N-dealkylation sites (tertiary alicyclic amines) is 1. The van der Waals surface area contributed by atoms with Crippen LogP contribution in [0.15, 0.2) is 0 Å². The topological polar surface area (TPSA) is 57.6 Å². The van der Waals surface area contributed by atoms with Crippen LogP contribution in [0.1, 0.15) is 6.42 Å². The molecule has 8 heteroatoms. The number of nitrogens with zero attached hydrogens (tertiary/aromatic N) is 1. The lowest BCUT2D eigenvalue weighted by Gasteiger charge is -2.21. The largest absolute Gasteiger partial charge is 0.481 e. The SMILES string of the molecule is O=C(N1CCC(CF)(C(=O)O)C1)C(F)(F)F. The molecule has 1 rings (SSSR count). The molecule has 1 amide bonds. The predicted octanol–water partition coefficient (Wildman–Crippen LogP) is 0.822. The molecule has 1 aliphatic rings. The van der Waals surface area contributed by atoms with Crippen LogP contribution in [0.3, 0.4) is 0 Å². The third kappa shape index (κ3) is 2.10. The van der Waals surface area contributed by atoms with Crippen molar-refractivity contribution in [3.8, 4) is 0 Å². The van der Waals surface area contributed by atoms with Crippen LogP contribution in [0.5, 0.6) is 0 Å². The molecule has 1 saturated heterocycles. The van der Waals surface area contributed by atoms with Crippen LogP contribution in [-0.2, 0) is 9.59 Å². The minimum Gasteiger partial charge on any atom is -0.481 e. The van der Waals surface area contributed by atoms with E-state index >= 15 is 0 Å². The van der Waals surface area contributed by atoms with Crippen molar-refractivity contribution in [1.29, 1.82) is 0 Å². The molecule has 1 N–H and O–H groups in total. The molecule has 1 atom stereocenters. The van der Waals surface area contributed by atoms with Crippen LogP contribution in [0.2, 0.25) is 0 Å². The quantitative estimate of drug-likeness (QED) is 0.730. The number of carboxylic acids is 1. The maximum absolute atomic E-state index is 12.5. The molecular weight excluding hydrogens is 234 g/mol. The van der Waals surface area contributed by atoms with Gasteiger partial charge in [-0.25, -0.2) is 4.39 Å². The standard InChI is InChI=1S/C8H9F4NO3/c9-3-7(6(15)16)1-2-13(4-7)5(14)8(10,11)12/h1-4H2,(H,15,16). The lowest BCUT2D eigenvalue weighted by Crippen LogP contribution is -2.43. The number of rotatable bonds is 2. The van der Waals surface area contributed by atoms with E-state index in [1.165, 1.54) is 0 Å². The van der Waals surface area contributed by atoms with E-state index in [1.807, 2.05) is 0 Å². The molecule has 1 heterocycles. The minimum absolute atomic E-state index is 0.305. The Hall–Kier alpha value is -1.34. The molecule has 1 unspecified atom stereocenters.